The Morgan fingerprint density at radius 2 is 1.97 bits per heavy atom. The van der Waals surface area contributed by atoms with Crippen LogP contribution < -0.4 is 5.32 Å². The van der Waals surface area contributed by atoms with Crippen molar-refractivity contribution in [3.8, 4) is 11.3 Å². The van der Waals surface area contributed by atoms with Crippen LogP contribution in [0.1, 0.15) is 27.2 Å². The van der Waals surface area contributed by atoms with E-state index in [0.29, 0.717) is 24.3 Å². The number of nitrogens with zero attached hydrogens (tertiary/aromatic N) is 2. The van der Waals surface area contributed by atoms with E-state index in [1.807, 2.05) is 0 Å². The molecular formula is C24H27FN4O4. The smallest absolute Gasteiger partial charge is 0.410 e. The summed E-state index contributed by atoms with van der Waals surface area (Å²) in [5.41, 5.74) is 0.896. The molecule has 0 saturated carbocycles. The second-order valence-electron chi connectivity index (χ2n) is 9.38. The quantitative estimate of drug-likeness (QED) is 0.554. The van der Waals surface area contributed by atoms with Crippen molar-refractivity contribution in [2.75, 3.05) is 25.0 Å². The van der Waals surface area contributed by atoms with Crippen LogP contribution in [-0.4, -0.2) is 57.5 Å². The monoisotopic (exact) mass is 454 g/mol. The van der Waals surface area contributed by atoms with Crippen LogP contribution in [0.3, 0.4) is 0 Å². The van der Waals surface area contributed by atoms with Gasteiger partial charge >= 0.3 is 6.09 Å². The molecule has 0 radical (unpaired) electrons. The van der Waals surface area contributed by atoms with E-state index in [9.17, 15) is 19.1 Å². The number of likely N-dealkylation sites (tertiary alicyclic amines) is 1. The molecule has 0 aliphatic carbocycles. The first-order valence-electron chi connectivity index (χ1n) is 10.7. The number of rotatable bonds is 4. The highest BCUT2D eigenvalue weighted by molar-refractivity contribution is 6.00. The number of anilines is 1. The third-order valence-electron chi connectivity index (χ3n) is 5.73. The number of hydrogen-bond acceptors (Lipinski definition) is 5. The number of amides is 2. The minimum atomic E-state index is -1.12. The average molecular weight is 455 g/mol. The Kier molecular flexibility index (Phi) is 5.84. The molecular weight excluding hydrogens is 427 g/mol. The fourth-order valence-electron chi connectivity index (χ4n) is 3.92. The summed E-state index contributed by atoms with van der Waals surface area (Å²) in [6.07, 6.45) is -0.182. The molecule has 8 nitrogen and oxygen atoms in total. The minimum absolute atomic E-state index is 0.0685. The summed E-state index contributed by atoms with van der Waals surface area (Å²) < 4.78 is 18.7. The number of aromatic amines is 1. The highest BCUT2D eigenvalue weighted by Crippen LogP contribution is 2.34. The van der Waals surface area contributed by atoms with Gasteiger partial charge in [0.2, 0.25) is 5.91 Å². The van der Waals surface area contributed by atoms with E-state index in [-0.39, 0.29) is 18.3 Å². The first-order valence-corrected chi connectivity index (χ1v) is 10.7. The van der Waals surface area contributed by atoms with Crippen LogP contribution in [0.2, 0.25) is 0 Å². The number of hydrogen-bond donors (Lipinski definition) is 3. The van der Waals surface area contributed by atoms with E-state index < -0.39 is 23.7 Å². The van der Waals surface area contributed by atoms with Gasteiger partial charge in [0.15, 0.2) is 0 Å². The van der Waals surface area contributed by atoms with Gasteiger partial charge in [0.1, 0.15) is 11.4 Å². The van der Waals surface area contributed by atoms with E-state index in [4.69, 9.17) is 4.74 Å². The summed E-state index contributed by atoms with van der Waals surface area (Å²) in [5.74, 6) is -0.708. The summed E-state index contributed by atoms with van der Waals surface area (Å²) in [4.78, 5) is 27.0. The number of aliphatic hydroxyl groups excluding tert-OH is 1. The molecule has 1 saturated heterocycles. The van der Waals surface area contributed by atoms with Gasteiger partial charge in [0.25, 0.3) is 0 Å². The Bertz CT molecular complexity index is 1190. The fourth-order valence-corrected chi connectivity index (χ4v) is 3.92. The number of carbonyl (C=O) groups is 2. The molecule has 2 amide bonds. The van der Waals surface area contributed by atoms with Crippen molar-refractivity contribution in [3.05, 3.63) is 48.3 Å². The SMILES string of the molecule is CC(C)(C)OC(=O)N1CCC(CO)(C(=O)Nc2ccc3[nH]nc(-c4ccc(F)cc4)c3c2)C1. The van der Waals surface area contributed by atoms with Crippen molar-refractivity contribution in [1.82, 2.24) is 15.1 Å². The Labute approximate surface area is 190 Å². The van der Waals surface area contributed by atoms with Crippen molar-refractivity contribution in [2.45, 2.75) is 32.8 Å². The lowest BCUT2D eigenvalue weighted by atomic mass is 9.87. The highest BCUT2D eigenvalue weighted by atomic mass is 19.1. The van der Waals surface area contributed by atoms with Crippen molar-refractivity contribution in [3.63, 3.8) is 0 Å². The van der Waals surface area contributed by atoms with Gasteiger partial charge in [-0.25, -0.2) is 9.18 Å². The number of aromatic nitrogens is 2. The molecule has 3 N–H and O–H groups in total. The van der Waals surface area contributed by atoms with E-state index in [0.717, 1.165) is 16.5 Å². The normalized spacial score (nSPS) is 18.5. The number of benzene rings is 2. The molecule has 1 unspecified atom stereocenters. The Balaban J connectivity index is 1.54. The maximum Gasteiger partial charge on any atom is 0.410 e. The van der Waals surface area contributed by atoms with Crippen molar-refractivity contribution < 1.29 is 23.8 Å². The van der Waals surface area contributed by atoms with Crippen molar-refractivity contribution in [1.29, 1.82) is 0 Å². The summed E-state index contributed by atoms with van der Waals surface area (Å²) >= 11 is 0. The zero-order valence-corrected chi connectivity index (χ0v) is 18.8. The number of aliphatic hydroxyl groups is 1. The van der Waals surface area contributed by atoms with Crippen LogP contribution in [0.25, 0.3) is 22.2 Å². The Morgan fingerprint density at radius 1 is 1.24 bits per heavy atom. The molecule has 33 heavy (non-hydrogen) atoms. The van der Waals surface area contributed by atoms with Crippen LogP contribution in [0.15, 0.2) is 42.5 Å². The molecule has 2 aromatic carbocycles. The van der Waals surface area contributed by atoms with Gasteiger partial charge in [-0.15, -0.1) is 0 Å². The zero-order valence-electron chi connectivity index (χ0n) is 18.8. The van der Waals surface area contributed by atoms with E-state index in [1.165, 1.54) is 17.0 Å². The van der Waals surface area contributed by atoms with E-state index in [1.54, 1.807) is 51.1 Å². The largest absolute Gasteiger partial charge is 0.444 e. The average Bonchev–Trinajstić information content (AvgIpc) is 3.38. The molecule has 1 fully saturated rings. The van der Waals surface area contributed by atoms with E-state index >= 15 is 0 Å². The summed E-state index contributed by atoms with van der Waals surface area (Å²) in [7, 11) is 0. The van der Waals surface area contributed by atoms with Crippen molar-refractivity contribution in [2.24, 2.45) is 5.41 Å². The molecule has 1 aliphatic heterocycles. The fraction of sp³-hybridized carbons (Fsp3) is 0.375. The molecule has 4 rings (SSSR count). The molecule has 174 valence electrons. The molecule has 2 heterocycles. The number of ether oxygens (including phenoxy) is 1. The number of H-pyrrole nitrogens is 1. The summed E-state index contributed by atoms with van der Waals surface area (Å²) in [6.45, 7) is 5.32. The number of nitrogens with one attached hydrogen (secondary N) is 2. The standard InChI is InChI=1S/C24H27FN4O4/c1-23(2,3)33-22(32)29-11-10-24(13-29,14-30)21(31)26-17-8-9-19-18(12-17)20(28-27-19)15-4-6-16(25)7-5-15/h4-9,12,30H,10-11,13-14H2,1-3H3,(H,26,31)(H,27,28). The highest BCUT2D eigenvalue weighted by Gasteiger charge is 2.46. The first-order chi connectivity index (χ1) is 15.6. The predicted molar refractivity (Wildman–Crippen MR) is 122 cm³/mol. The molecule has 0 spiro atoms. The third kappa shape index (κ3) is 4.68. The van der Waals surface area contributed by atoms with Gasteiger partial charge in [-0.1, -0.05) is 0 Å². The van der Waals surface area contributed by atoms with Gasteiger partial charge in [-0.05, 0) is 69.7 Å². The lowest BCUT2D eigenvalue weighted by Crippen LogP contribution is -2.43. The second-order valence-corrected chi connectivity index (χ2v) is 9.38. The molecule has 0 bridgehead atoms. The van der Waals surface area contributed by atoms with Crippen LogP contribution >= 0.6 is 0 Å². The number of carbonyl (C=O) groups excluding carboxylic acids is 2. The summed E-state index contributed by atoms with van der Waals surface area (Å²) in [6, 6.07) is 11.3. The lowest BCUT2D eigenvalue weighted by molar-refractivity contribution is -0.127. The maximum atomic E-state index is 13.3. The Morgan fingerprint density at radius 3 is 2.64 bits per heavy atom. The number of fused-ring (bicyclic) bond motifs is 1. The van der Waals surface area contributed by atoms with Crippen LogP contribution in [0, 0.1) is 11.2 Å². The predicted octanol–water partition coefficient (Wildman–Crippen LogP) is 3.93. The maximum absolute atomic E-state index is 13.3. The van der Waals surface area contributed by atoms with E-state index in [2.05, 4.69) is 15.5 Å². The molecule has 9 heteroatoms. The van der Waals surface area contributed by atoms with Gasteiger partial charge in [-0.3, -0.25) is 9.89 Å². The van der Waals surface area contributed by atoms with Gasteiger partial charge in [0, 0.05) is 29.7 Å². The summed E-state index contributed by atoms with van der Waals surface area (Å²) in [5, 5.41) is 21.0. The first kappa shape index (κ1) is 22.7. The molecule has 1 aromatic heterocycles. The number of halogens is 1. The van der Waals surface area contributed by atoms with Gasteiger partial charge in [0.05, 0.1) is 23.2 Å². The van der Waals surface area contributed by atoms with Crippen LogP contribution in [-0.2, 0) is 9.53 Å². The topological polar surface area (TPSA) is 108 Å². The Hall–Kier alpha value is -3.46. The van der Waals surface area contributed by atoms with Gasteiger partial charge < -0.3 is 20.1 Å². The van der Waals surface area contributed by atoms with Crippen LogP contribution in [0.4, 0.5) is 14.9 Å². The molecule has 1 aliphatic rings. The zero-order chi connectivity index (χ0) is 23.8. The minimum Gasteiger partial charge on any atom is -0.444 e. The molecule has 1 atom stereocenters. The lowest BCUT2D eigenvalue weighted by Gasteiger charge is -2.27. The van der Waals surface area contributed by atoms with Gasteiger partial charge in [-0.2, -0.15) is 5.10 Å². The van der Waals surface area contributed by atoms with Crippen LogP contribution in [0.5, 0.6) is 0 Å². The third-order valence-corrected chi connectivity index (χ3v) is 5.73. The molecule has 3 aromatic rings. The second kappa shape index (κ2) is 8.47. The van der Waals surface area contributed by atoms with Crippen molar-refractivity contribution >= 4 is 28.6 Å².